The number of hydrogen-bond donors (Lipinski definition) is 2. The molecule has 0 unspecified atom stereocenters. The second kappa shape index (κ2) is 11.1. The summed E-state index contributed by atoms with van der Waals surface area (Å²) in [4.78, 5) is 43.3. The van der Waals surface area contributed by atoms with E-state index in [2.05, 4.69) is 15.5 Å². The minimum Gasteiger partial charge on any atom is -0.463 e. The van der Waals surface area contributed by atoms with Crippen LogP contribution in [0.2, 0.25) is 0 Å². The minimum atomic E-state index is -0.956. The predicted octanol–water partition coefficient (Wildman–Crippen LogP) is 2.08. The second-order valence-electron chi connectivity index (χ2n) is 8.00. The monoisotopic (exact) mass is 461 g/mol. The van der Waals surface area contributed by atoms with Gasteiger partial charge in [0.2, 0.25) is 0 Å². The molecule has 4 amide bonds. The van der Waals surface area contributed by atoms with Crippen LogP contribution in [-0.2, 0) is 9.53 Å². The highest BCUT2D eigenvalue weighted by atomic mass is 19.1. The fraction of sp³-hybridized carbons (Fsp3) is 0.522. The summed E-state index contributed by atoms with van der Waals surface area (Å²) < 4.78 is 19.9. The fourth-order valence-corrected chi connectivity index (χ4v) is 4.15. The van der Waals surface area contributed by atoms with Gasteiger partial charge in [0, 0.05) is 57.6 Å². The molecular formula is C23H32FN5O4. The summed E-state index contributed by atoms with van der Waals surface area (Å²) in [6, 6.07) is 4.59. The third-order valence-corrected chi connectivity index (χ3v) is 5.87. The quantitative estimate of drug-likeness (QED) is 0.633. The lowest BCUT2D eigenvalue weighted by Gasteiger charge is -2.36. The molecular weight excluding hydrogens is 429 g/mol. The van der Waals surface area contributed by atoms with E-state index in [0.29, 0.717) is 45.0 Å². The van der Waals surface area contributed by atoms with Gasteiger partial charge >= 0.3 is 18.0 Å². The highest BCUT2D eigenvalue weighted by Crippen LogP contribution is 2.32. The zero-order chi connectivity index (χ0) is 24.0. The predicted molar refractivity (Wildman–Crippen MR) is 121 cm³/mol. The van der Waals surface area contributed by atoms with Crippen LogP contribution in [0.15, 0.2) is 35.5 Å². The lowest BCUT2D eigenvalue weighted by molar-refractivity contribution is -0.139. The van der Waals surface area contributed by atoms with Crippen LogP contribution in [-0.4, -0.2) is 85.7 Å². The normalized spacial score (nSPS) is 19.8. The molecule has 2 aliphatic heterocycles. The molecule has 3 rings (SSSR count). The Labute approximate surface area is 193 Å². The maximum Gasteiger partial charge on any atom is 0.338 e. The molecule has 10 heteroatoms. The molecule has 0 bridgehead atoms. The number of halogens is 1. The van der Waals surface area contributed by atoms with E-state index < -0.39 is 23.9 Å². The largest absolute Gasteiger partial charge is 0.463 e. The lowest BCUT2D eigenvalue weighted by Crippen LogP contribution is -2.49. The van der Waals surface area contributed by atoms with Crippen molar-refractivity contribution in [2.45, 2.75) is 26.3 Å². The number of carbonyl (C=O) groups excluding carboxylic acids is 3. The summed E-state index contributed by atoms with van der Waals surface area (Å²) in [7, 11) is 1.58. The number of rotatable bonds is 6. The van der Waals surface area contributed by atoms with Crippen LogP contribution in [0, 0.1) is 5.82 Å². The first kappa shape index (κ1) is 24.5. The fourth-order valence-electron chi connectivity index (χ4n) is 4.15. The zero-order valence-electron chi connectivity index (χ0n) is 19.4. The number of hydrogen-bond acceptors (Lipinski definition) is 5. The number of carbonyl (C=O) groups is 3. The van der Waals surface area contributed by atoms with Crippen LogP contribution < -0.4 is 10.6 Å². The molecule has 0 aromatic heterocycles. The maximum atomic E-state index is 14.6. The topological polar surface area (TPSA) is 94.2 Å². The van der Waals surface area contributed by atoms with Crippen molar-refractivity contribution in [3.8, 4) is 0 Å². The van der Waals surface area contributed by atoms with E-state index in [0.717, 1.165) is 6.42 Å². The first-order chi connectivity index (χ1) is 15.9. The summed E-state index contributed by atoms with van der Waals surface area (Å²) in [6.45, 7) is 7.01. The molecule has 0 saturated carbocycles. The third-order valence-electron chi connectivity index (χ3n) is 5.87. The van der Waals surface area contributed by atoms with Crippen LogP contribution in [0.1, 0.15) is 31.9 Å². The van der Waals surface area contributed by atoms with Gasteiger partial charge in [-0.15, -0.1) is 0 Å². The molecule has 1 fully saturated rings. The molecule has 1 saturated heterocycles. The molecule has 0 aliphatic carbocycles. The van der Waals surface area contributed by atoms with Crippen molar-refractivity contribution in [1.82, 2.24) is 25.3 Å². The van der Waals surface area contributed by atoms with E-state index in [1.54, 1.807) is 37.1 Å². The summed E-state index contributed by atoms with van der Waals surface area (Å²) in [5, 5.41) is 5.56. The van der Waals surface area contributed by atoms with Crippen molar-refractivity contribution in [3.63, 3.8) is 0 Å². The van der Waals surface area contributed by atoms with Crippen molar-refractivity contribution in [2.24, 2.45) is 0 Å². The van der Waals surface area contributed by atoms with E-state index in [9.17, 15) is 18.8 Å². The van der Waals surface area contributed by atoms with Gasteiger partial charge in [-0.1, -0.05) is 18.2 Å². The van der Waals surface area contributed by atoms with Crippen LogP contribution in [0.25, 0.3) is 0 Å². The first-order valence-electron chi connectivity index (χ1n) is 11.3. The SMILES string of the molecule is CCNC(=O)N1CCCN(CC2=C(C(=O)OCC)[C@@H](c3ccccc3F)NC(=O)N2C)CC1. The van der Waals surface area contributed by atoms with Crippen LogP contribution in [0.5, 0.6) is 0 Å². The van der Waals surface area contributed by atoms with Gasteiger partial charge in [0.15, 0.2) is 0 Å². The lowest BCUT2D eigenvalue weighted by atomic mass is 9.94. The van der Waals surface area contributed by atoms with Crippen molar-refractivity contribution in [3.05, 3.63) is 46.9 Å². The maximum absolute atomic E-state index is 14.6. The van der Waals surface area contributed by atoms with Gasteiger partial charge in [-0.3, -0.25) is 9.80 Å². The number of nitrogens with zero attached hydrogens (tertiary/aromatic N) is 3. The van der Waals surface area contributed by atoms with E-state index in [-0.39, 0.29) is 23.8 Å². The Morgan fingerprint density at radius 3 is 2.64 bits per heavy atom. The van der Waals surface area contributed by atoms with Crippen LogP contribution in [0.4, 0.5) is 14.0 Å². The standard InChI is InChI=1S/C23H32FN5O4/c1-4-25-22(31)29-12-8-11-28(13-14-29)15-18-19(21(30)33-5-2)20(26-23(32)27(18)3)16-9-6-7-10-17(16)24/h6-7,9-10,20H,4-5,8,11-15H2,1-3H3,(H,25,31)(H,26,32)/t20-/m1/s1. The minimum absolute atomic E-state index is 0.0976. The highest BCUT2D eigenvalue weighted by molar-refractivity contribution is 5.95. The van der Waals surface area contributed by atoms with Gasteiger partial charge in [-0.2, -0.15) is 0 Å². The summed E-state index contributed by atoms with van der Waals surface area (Å²) in [5.74, 6) is -1.10. The number of likely N-dealkylation sites (N-methyl/N-ethyl adjacent to an activating group) is 1. The number of ether oxygens (including phenoxy) is 1. The number of benzene rings is 1. The van der Waals surface area contributed by atoms with Crippen LogP contribution in [0.3, 0.4) is 0 Å². The van der Waals surface area contributed by atoms with E-state index in [1.807, 2.05) is 6.92 Å². The Morgan fingerprint density at radius 2 is 1.94 bits per heavy atom. The first-order valence-corrected chi connectivity index (χ1v) is 11.3. The average Bonchev–Trinajstić information content (AvgIpc) is 3.03. The Hall–Kier alpha value is -3.14. The molecule has 0 radical (unpaired) electrons. The third kappa shape index (κ3) is 5.62. The van der Waals surface area contributed by atoms with E-state index >= 15 is 0 Å². The molecule has 2 aliphatic rings. The molecule has 1 aromatic carbocycles. The number of amides is 4. The average molecular weight is 462 g/mol. The van der Waals surface area contributed by atoms with Gasteiger partial charge in [-0.25, -0.2) is 18.8 Å². The number of urea groups is 2. The molecule has 180 valence electrons. The molecule has 1 atom stereocenters. The zero-order valence-corrected chi connectivity index (χ0v) is 19.4. The second-order valence-corrected chi connectivity index (χ2v) is 8.00. The molecule has 1 aromatic rings. The van der Waals surface area contributed by atoms with E-state index in [4.69, 9.17) is 4.74 Å². The molecule has 2 N–H and O–H groups in total. The van der Waals surface area contributed by atoms with Crippen LogP contribution >= 0.6 is 0 Å². The van der Waals surface area contributed by atoms with Gasteiger partial charge in [-0.05, 0) is 26.3 Å². The number of esters is 1. The van der Waals surface area contributed by atoms with Crippen molar-refractivity contribution >= 4 is 18.0 Å². The van der Waals surface area contributed by atoms with Crippen molar-refractivity contribution < 1.29 is 23.5 Å². The summed E-state index contributed by atoms with van der Waals surface area (Å²) >= 11 is 0. The van der Waals surface area contributed by atoms with Gasteiger partial charge in [0.25, 0.3) is 0 Å². The highest BCUT2D eigenvalue weighted by Gasteiger charge is 2.38. The smallest absolute Gasteiger partial charge is 0.338 e. The Kier molecular flexibility index (Phi) is 8.26. The van der Waals surface area contributed by atoms with Gasteiger partial charge in [0.05, 0.1) is 18.2 Å². The van der Waals surface area contributed by atoms with Crippen molar-refractivity contribution in [2.75, 3.05) is 52.9 Å². The summed E-state index contributed by atoms with van der Waals surface area (Å²) in [5.41, 5.74) is 0.892. The Balaban J connectivity index is 1.93. The molecule has 9 nitrogen and oxygen atoms in total. The van der Waals surface area contributed by atoms with E-state index in [1.165, 1.54) is 11.0 Å². The van der Waals surface area contributed by atoms with Gasteiger partial charge < -0.3 is 20.3 Å². The molecule has 2 heterocycles. The summed E-state index contributed by atoms with van der Waals surface area (Å²) in [6.07, 6.45) is 0.756. The molecule has 0 spiro atoms. The Morgan fingerprint density at radius 1 is 1.18 bits per heavy atom. The van der Waals surface area contributed by atoms with Gasteiger partial charge in [0.1, 0.15) is 5.82 Å². The Bertz CT molecular complexity index is 922. The number of nitrogens with one attached hydrogen (secondary N) is 2. The van der Waals surface area contributed by atoms with Crippen molar-refractivity contribution in [1.29, 1.82) is 0 Å². The molecule has 33 heavy (non-hydrogen) atoms.